The third-order valence-electron chi connectivity index (χ3n) is 4.72. The predicted octanol–water partition coefficient (Wildman–Crippen LogP) is 5.60. The SMILES string of the molecule is CCCC1CCC(C(NCC)c2ccccc2Cl)CC1. The van der Waals surface area contributed by atoms with Crippen molar-refractivity contribution in [3.05, 3.63) is 34.9 Å². The van der Waals surface area contributed by atoms with Gasteiger partial charge in [-0.1, -0.05) is 69.3 Å². The summed E-state index contributed by atoms with van der Waals surface area (Å²) in [6, 6.07) is 8.76. The molecule has 1 N–H and O–H groups in total. The van der Waals surface area contributed by atoms with E-state index < -0.39 is 0 Å². The van der Waals surface area contributed by atoms with Crippen molar-refractivity contribution in [2.24, 2.45) is 11.8 Å². The third-order valence-corrected chi connectivity index (χ3v) is 5.07. The van der Waals surface area contributed by atoms with Crippen molar-refractivity contribution >= 4 is 11.6 Å². The number of benzene rings is 1. The highest BCUT2D eigenvalue weighted by Crippen LogP contribution is 2.39. The van der Waals surface area contributed by atoms with Gasteiger partial charge in [0.1, 0.15) is 0 Å². The van der Waals surface area contributed by atoms with Gasteiger partial charge >= 0.3 is 0 Å². The molecule has 112 valence electrons. The van der Waals surface area contributed by atoms with Crippen molar-refractivity contribution in [3.8, 4) is 0 Å². The maximum atomic E-state index is 6.41. The Morgan fingerprint density at radius 2 is 1.85 bits per heavy atom. The van der Waals surface area contributed by atoms with Gasteiger partial charge in [-0.2, -0.15) is 0 Å². The van der Waals surface area contributed by atoms with E-state index in [-0.39, 0.29) is 0 Å². The van der Waals surface area contributed by atoms with Gasteiger partial charge in [-0.3, -0.25) is 0 Å². The second-order valence-electron chi connectivity index (χ2n) is 6.13. The first kappa shape index (κ1) is 15.9. The molecule has 1 atom stereocenters. The van der Waals surface area contributed by atoms with Crippen LogP contribution in [-0.2, 0) is 0 Å². The van der Waals surface area contributed by atoms with E-state index in [1.807, 2.05) is 12.1 Å². The van der Waals surface area contributed by atoms with Gasteiger partial charge in [-0.25, -0.2) is 0 Å². The van der Waals surface area contributed by atoms with E-state index in [9.17, 15) is 0 Å². The van der Waals surface area contributed by atoms with Crippen LogP contribution >= 0.6 is 11.6 Å². The second kappa shape index (κ2) is 8.05. The summed E-state index contributed by atoms with van der Waals surface area (Å²) in [5.74, 6) is 1.70. The first-order chi connectivity index (χ1) is 9.76. The summed E-state index contributed by atoms with van der Waals surface area (Å²) in [4.78, 5) is 0. The van der Waals surface area contributed by atoms with Crippen LogP contribution in [0, 0.1) is 11.8 Å². The van der Waals surface area contributed by atoms with Crippen molar-refractivity contribution in [1.82, 2.24) is 5.32 Å². The van der Waals surface area contributed by atoms with E-state index in [1.165, 1.54) is 44.1 Å². The smallest absolute Gasteiger partial charge is 0.0453 e. The lowest BCUT2D eigenvalue weighted by molar-refractivity contribution is 0.216. The average Bonchev–Trinajstić information content (AvgIpc) is 2.47. The quantitative estimate of drug-likeness (QED) is 0.720. The minimum absolute atomic E-state index is 0.427. The molecule has 0 aromatic heterocycles. The van der Waals surface area contributed by atoms with Gasteiger partial charge < -0.3 is 5.32 Å². The molecule has 0 amide bonds. The second-order valence-corrected chi connectivity index (χ2v) is 6.53. The Morgan fingerprint density at radius 1 is 1.15 bits per heavy atom. The molecule has 1 aliphatic rings. The molecule has 1 aliphatic carbocycles. The zero-order valence-electron chi connectivity index (χ0n) is 12.9. The summed E-state index contributed by atoms with van der Waals surface area (Å²) in [6.07, 6.45) is 8.21. The molecule has 0 bridgehead atoms. The number of rotatable bonds is 6. The van der Waals surface area contributed by atoms with Crippen LogP contribution in [0.1, 0.15) is 64.0 Å². The van der Waals surface area contributed by atoms with Gasteiger partial charge in [-0.05, 0) is 42.9 Å². The van der Waals surface area contributed by atoms with E-state index in [4.69, 9.17) is 11.6 Å². The summed E-state index contributed by atoms with van der Waals surface area (Å²) in [5, 5.41) is 4.58. The normalized spacial score (nSPS) is 24.6. The zero-order chi connectivity index (χ0) is 14.4. The van der Waals surface area contributed by atoms with Crippen LogP contribution in [0.15, 0.2) is 24.3 Å². The Labute approximate surface area is 129 Å². The highest BCUT2D eigenvalue weighted by Gasteiger charge is 2.28. The van der Waals surface area contributed by atoms with Crippen molar-refractivity contribution < 1.29 is 0 Å². The molecule has 0 saturated heterocycles. The third kappa shape index (κ3) is 3.99. The molecule has 1 aromatic rings. The standard InChI is InChI=1S/C18H28ClN/c1-3-7-14-10-12-15(13-11-14)18(20-4-2)16-8-5-6-9-17(16)19/h5-6,8-9,14-15,18,20H,3-4,7,10-13H2,1-2H3. The molecule has 20 heavy (non-hydrogen) atoms. The van der Waals surface area contributed by atoms with Crippen LogP contribution in [-0.4, -0.2) is 6.54 Å². The minimum atomic E-state index is 0.427. The van der Waals surface area contributed by atoms with Gasteiger partial charge in [0, 0.05) is 11.1 Å². The summed E-state index contributed by atoms with van der Waals surface area (Å²) in [7, 11) is 0. The summed E-state index contributed by atoms with van der Waals surface area (Å²) in [6.45, 7) is 5.49. The van der Waals surface area contributed by atoms with Gasteiger partial charge in [0.05, 0.1) is 0 Å². The fraction of sp³-hybridized carbons (Fsp3) is 0.667. The van der Waals surface area contributed by atoms with Gasteiger partial charge in [0.2, 0.25) is 0 Å². The molecule has 0 aliphatic heterocycles. The monoisotopic (exact) mass is 293 g/mol. The molecule has 2 rings (SSSR count). The Kier molecular flexibility index (Phi) is 6.38. The molecule has 1 unspecified atom stereocenters. The van der Waals surface area contributed by atoms with Crippen LogP contribution in [0.25, 0.3) is 0 Å². The van der Waals surface area contributed by atoms with E-state index in [0.29, 0.717) is 6.04 Å². The molecule has 1 saturated carbocycles. The molecule has 1 nitrogen and oxygen atoms in total. The lowest BCUT2D eigenvalue weighted by Crippen LogP contribution is -2.31. The van der Waals surface area contributed by atoms with E-state index >= 15 is 0 Å². The summed E-state index contributed by atoms with van der Waals surface area (Å²) in [5.41, 5.74) is 1.29. The molecule has 2 heteroatoms. The Bertz CT molecular complexity index is 396. The van der Waals surface area contributed by atoms with Crippen LogP contribution in [0.2, 0.25) is 5.02 Å². The Morgan fingerprint density at radius 3 is 2.45 bits per heavy atom. The van der Waals surface area contributed by atoms with E-state index in [1.54, 1.807) is 0 Å². The highest BCUT2D eigenvalue weighted by atomic mass is 35.5. The van der Waals surface area contributed by atoms with Crippen LogP contribution in [0.3, 0.4) is 0 Å². The number of halogens is 1. The molecular weight excluding hydrogens is 266 g/mol. The van der Waals surface area contributed by atoms with Gasteiger partial charge in [-0.15, -0.1) is 0 Å². The van der Waals surface area contributed by atoms with Crippen molar-refractivity contribution in [1.29, 1.82) is 0 Å². The molecule has 0 radical (unpaired) electrons. The minimum Gasteiger partial charge on any atom is -0.310 e. The molecule has 1 fully saturated rings. The average molecular weight is 294 g/mol. The topological polar surface area (TPSA) is 12.0 Å². The van der Waals surface area contributed by atoms with E-state index in [0.717, 1.165) is 23.4 Å². The van der Waals surface area contributed by atoms with E-state index in [2.05, 4.69) is 31.3 Å². The van der Waals surface area contributed by atoms with Gasteiger partial charge in [0.25, 0.3) is 0 Å². The Balaban J connectivity index is 2.05. The van der Waals surface area contributed by atoms with Gasteiger partial charge in [0.15, 0.2) is 0 Å². The summed E-state index contributed by atoms with van der Waals surface area (Å²) < 4.78 is 0. The van der Waals surface area contributed by atoms with Crippen molar-refractivity contribution in [2.45, 2.75) is 58.4 Å². The molecule has 1 aromatic carbocycles. The maximum absolute atomic E-state index is 6.41. The zero-order valence-corrected chi connectivity index (χ0v) is 13.6. The molecular formula is C18H28ClN. The fourth-order valence-corrected chi connectivity index (χ4v) is 3.95. The molecule has 0 spiro atoms. The summed E-state index contributed by atoms with van der Waals surface area (Å²) >= 11 is 6.41. The van der Waals surface area contributed by atoms with Crippen molar-refractivity contribution in [3.63, 3.8) is 0 Å². The lowest BCUT2D eigenvalue weighted by atomic mass is 9.75. The van der Waals surface area contributed by atoms with Crippen molar-refractivity contribution in [2.75, 3.05) is 6.54 Å². The lowest BCUT2D eigenvalue weighted by Gasteiger charge is -2.35. The number of hydrogen-bond donors (Lipinski definition) is 1. The first-order valence-corrected chi connectivity index (χ1v) is 8.61. The predicted molar refractivity (Wildman–Crippen MR) is 88.2 cm³/mol. The first-order valence-electron chi connectivity index (χ1n) is 8.24. The number of nitrogens with one attached hydrogen (secondary N) is 1. The van der Waals surface area contributed by atoms with Crippen LogP contribution in [0.4, 0.5) is 0 Å². The maximum Gasteiger partial charge on any atom is 0.0453 e. The largest absolute Gasteiger partial charge is 0.310 e. The van der Waals surface area contributed by atoms with Crippen LogP contribution < -0.4 is 5.32 Å². The molecule has 0 heterocycles. The highest BCUT2D eigenvalue weighted by molar-refractivity contribution is 6.31. The fourth-order valence-electron chi connectivity index (χ4n) is 3.70. The number of hydrogen-bond acceptors (Lipinski definition) is 1. The van der Waals surface area contributed by atoms with Crippen LogP contribution in [0.5, 0.6) is 0 Å². The Hall–Kier alpha value is -0.530.